The van der Waals surface area contributed by atoms with Crippen LogP contribution in [0.2, 0.25) is 0 Å². The average Bonchev–Trinajstić information content (AvgIpc) is 2.44. The molecule has 3 rings (SSSR count). The van der Waals surface area contributed by atoms with Crippen LogP contribution in [0.3, 0.4) is 0 Å². The quantitative estimate of drug-likeness (QED) is 0.812. The van der Waals surface area contributed by atoms with Crippen LogP contribution in [0.15, 0.2) is 30.3 Å². The minimum Gasteiger partial charge on any atom is -0.445 e. The Kier molecular flexibility index (Phi) is 3.45. The van der Waals surface area contributed by atoms with Crippen LogP contribution in [0.25, 0.3) is 0 Å². The average molecular weight is 259 g/mol. The Bertz CT molecular complexity index is 429. The molecule has 0 unspecified atom stereocenters. The zero-order chi connectivity index (χ0) is 13.1. The van der Waals surface area contributed by atoms with E-state index < -0.39 is 0 Å². The maximum atomic E-state index is 12.0. The van der Waals surface area contributed by atoms with Gasteiger partial charge in [0.15, 0.2) is 0 Å². The summed E-state index contributed by atoms with van der Waals surface area (Å²) in [4.78, 5) is 13.9. The maximum Gasteiger partial charge on any atom is 0.410 e. The minimum absolute atomic E-state index is 0.155. The standard InChI is InChI=1S/C16H21NO2/c18-15(19-13-14-5-2-1-3-6-14)17-11-9-16(10-12-17)7-4-8-16/h1-3,5-6H,4,7-13H2. The molecule has 0 aromatic heterocycles. The van der Waals surface area contributed by atoms with Crippen LogP contribution in [0.5, 0.6) is 0 Å². The van der Waals surface area contributed by atoms with E-state index in [9.17, 15) is 4.79 Å². The smallest absolute Gasteiger partial charge is 0.410 e. The molecule has 3 heteroatoms. The number of piperidine rings is 1. The SMILES string of the molecule is O=C(OCc1ccccc1)N1CCC2(CCC2)CC1. The lowest BCUT2D eigenvalue weighted by molar-refractivity contribution is 0.0237. The summed E-state index contributed by atoms with van der Waals surface area (Å²) < 4.78 is 5.37. The van der Waals surface area contributed by atoms with Crippen molar-refractivity contribution in [3.05, 3.63) is 35.9 Å². The molecule has 0 N–H and O–H groups in total. The van der Waals surface area contributed by atoms with E-state index in [0.29, 0.717) is 12.0 Å². The van der Waals surface area contributed by atoms with Gasteiger partial charge in [0.25, 0.3) is 0 Å². The van der Waals surface area contributed by atoms with Gasteiger partial charge in [0.05, 0.1) is 0 Å². The van der Waals surface area contributed by atoms with Crippen molar-refractivity contribution in [1.29, 1.82) is 0 Å². The van der Waals surface area contributed by atoms with Crippen molar-refractivity contribution in [2.45, 2.75) is 38.7 Å². The van der Waals surface area contributed by atoms with Gasteiger partial charge in [-0.25, -0.2) is 4.79 Å². The van der Waals surface area contributed by atoms with Gasteiger partial charge < -0.3 is 9.64 Å². The number of amides is 1. The van der Waals surface area contributed by atoms with Crippen LogP contribution >= 0.6 is 0 Å². The number of carbonyl (C=O) groups is 1. The van der Waals surface area contributed by atoms with Gasteiger partial charge >= 0.3 is 6.09 Å². The first kappa shape index (κ1) is 12.5. The molecular formula is C16H21NO2. The van der Waals surface area contributed by atoms with Gasteiger partial charge in [-0.05, 0) is 36.7 Å². The lowest BCUT2D eigenvalue weighted by atomic mass is 9.63. The summed E-state index contributed by atoms with van der Waals surface area (Å²) in [7, 11) is 0. The normalized spacial score (nSPS) is 20.9. The van der Waals surface area contributed by atoms with Crippen molar-refractivity contribution in [3.63, 3.8) is 0 Å². The van der Waals surface area contributed by atoms with Gasteiger partial charge in [0.1, 0.15) is 6.61 Å². The minimum atomic E-state index is -0.155. The molecule has 1 aliphatic carbocycles. The fourth-order valence-corrected chi connectivity index (χ4v) is 3.15. The summed E-state index contributed by atoms with van der Waals surface area (Å²) in [6.07, 6.45) is 6.26. The summed E-state index contributed by atoms with van der Waals surface area (Å²) in [6.45, 7) is 2.11. The first-order valence-electron chi connectivity index (χ1n) is 7.23. The molecule has 3 nitrogen and oxygen atoms in total. The van der Waals surface area contributed by atoms with Gasteiger partial charge in [-0.1, -0.05) is 36.8 Å². The third-order valence-electron chi connectivity index (χ3n) is 4.70. The van der Waals surface area contributed by atoms with E-state index in [2.05, 4.69) is 0 Å². The molecule has 2 fully saturated rings. The lowest BCUT2D eigenvalue weighted by Crippen LogP contribution is -2.46. The Hall–Kier alpha value is -1.51. The third kappa shape index (κ3) is 2.75. The van der Waals surface area contributed by atoms with Gasteiger partial charge in [0, 0.05) is 13.1 Å². The Morgan fingerprint density at radius 2 is 1.79 bits per heavy atom. The zero-order valence-electron chi connectivity index (χ0n) is 11.3. The summed E-state index contributed by atoms with van der Waals surface area (Å²) in [5.74, 6) is 0. The molecule has 19 heavy (non-hydrogen) atoms. The first-order valence-corrected chi connectivity index (χ1v) is 7.23. The molecule has 0 radical (unpaired) electrons. The number of rotatable bonds is 2. The van der Waals surface area contributed by atoms with Crippen LogP contribution in [0, 0.1) is 5.41 Å². The van der Waals surface area contributed by atoms with Crippen molar-refractivity contribution in [2.75, 3.05) is 13.1 Å². The number of ether oxygens (including phenoxy) is 1. The summed E-state index contributed by atoms with van der Waals surface area (Å²) in [5.41, 5.74) is 1.62. The first-order chi connectivity index (χ1) is 9.27. The highest BCUT2D eigenvalue weighted by molar-refractivity contribution is 5.67. The molecule has 2 aliphatic rings. The molecule has 1 aromatic rings. The number of hydrogen-bond acceptors (Lipinski definition) is 2. The predicted molar refractivity (Wildman–Crippen MR) is 73.7 cm³/mol. The van der Waals surface area contributed by atoms with Gasteiger partial charge in [-0.3, -0.25) is 0 Å². The topological polar surface area (TPSA) is 29.5 Å². The Morgan fingerprint density at radius 1 is 1.11 bits per heavy atom. The monoisotopic (exact) mass is 259 g/mol. The summed E-state index contributed by atoms with van der Waals surface area (Å²) >= 11 is 0. The molecular weight excluding hydrogens is 238 g/mol. The van der Waals surface area contributed by atoms with Crippen LogP contribution in [0.4, 0.5) is 4.79 Å². The van der Waals surface area contributed by atoms with E-state index in [4.69, 9.17) is 4.74 Å². The molecule has 1 saturated carbocycles. The van der Waals surface area contributed by atoms with Gasteiger partial charge in [0.2, 0.25) is 0 Å². The van der Waals surface area contributed by atoms with Crippen molar-refractivity contribution < 1.29 is 9.53 Å². The third-order valence-corrected chi connectivity index (χ3v) is 4.70. The second-order valence-electron chi connectivity index (χ2n) is 5.88. The zero-order valence-corrected chi connectivity index (χ0v) is 11.3. The van der Waals surface area contributed by atoms with Gasteiger partial charge in [-0.2, -0.15) is 0 Å². The van der Waals surface area contributed by atoms with E-state index in [1.807, 2.05) is 35.2 Å². The largest absolute Gasteiger partial charge is 0.445 e. The number of likely N-dealkylation sites (tertiary alicyclic amines) is 1. The van der Waals surface area contributed by atoms with Gasteiger partial charge in [-0.15, -0.1) is 0 Å². The van der Waals surface area contributed by atoms with E-state index in [0.717, 1.165) is 31.5 Å². The van der Waals surface area contributed by atoms with E-state index in [1.165, 1.54) is 19.3 Å². The van der Waals surface area contributed by atoms with Crippen LogP contribution in [-0.2, 0) is 11.3 Å². The predicted octanol–water partition coefficient (Wildman–Crippen LogP) is 3.59. The fourth-order valence-electron chi connectivity index (χ4n) is 3.15. The van der Waals surface area contributed by atoms with Crippen molar-refractivity contribution in [3.8, 4) is 0 Å². The molecule has 0 bridgehead atoms. The van der Waals surface area contributed by atoms with E-state index in [-0.39, 0.29) is 6.09 Å². The number of benzene rings is 1. The summed E-state index contributed by atoms with van der Waals surface area (Å²) in [6, 6.07) is 9.85. The Labute approximate surface area is 114 Å². The van der Waals surface area contributed by atoms with Crippen LogP contribution in [-0.4, -0.2) is 24.1 Å². The molecule has 1 aliphatic heterocycles. The molecule has 0 atom stereocenters. The molecule has 1 spiro atoms. The van der Waals surface area contributed by atoms with E-state index >= 15 is 0 Å². The highest BCUT2D eigenvalue weighted by atomic mass is 16.6. The highest BCUT2D eigenvalue weighted by Gasteiger charge is 2.40. The number of nitrogens with zero attached hydrogens (tertiary/aromatic N) is 1. The van der Waals surface area contributed by atoms with Crippen molar-refractivity contribution in [1.82, 2.24) is 4.90 Å². The maximum absolute atomic E-state index is 12.0. The van der Waals surface area contributed by atoms with Crippen molar-refractivity contribution in [2.24, 2.45) is 5.41 Å². The second-order valence-corrected chi connectivity index (χ2v) is 5.88. The molecule has 1 heterocycles. The molecule has 1 aromatic carbocycles. The van der Waals surface area contributed by atoms with Crippen molar-refractivity contribution >= 4 is 6.09 Å². The molecule has 1 saturated heterocycles. The van der Waals surface area contributed by atoms with Crippen LogP contribution in [0.1, 0.15) is 37.7 Å². The fraction of sp³-hybridized carbons (Fsp3) is 0.562. The highest BCUT2D eigenvalue weighted by Crippen LogP contribution is 2.48. The second kappa shape index (κ2) is 5.24. The summed E-state index contributed by atoms with van der Waals surface area (Å²) in [5, 5.41) is 0. The number of hydrogen-bond donors (Lipinski definition) is 0. The van der Waals surface area contributed by atoms with E-state index in [1.54, 1.807) is 0 Å². The lowest BCUT2D eigenvalue weighted by Gasteiger charge is -2.47. The molecule has 102 valence electrons. The molecule has 1 amide bonds. The Balaban J connectivity index is 1.46. The Morgan fingerprint density at radius 3 is 2.37 bits per heavy atom. The van der Waals surface area contributed by atoms with Crippen LogP contribution < -0.4 is 0 Å². The number of carbonyl (C=O) groups excluding carboxylic acids is 1.